The third-order valence-electron chi connectivity index (χ3n) is 8.63. The molecule has 0 radical (unpaired) electrons. The van der Waals surface area contributed by atoms with Gasteiger partial charge < -0.3 is 4.48 Å². The second-order valence-electron chi connectivity index (χ2n) is 10.9. The Morgan fingerprint density at radius 2 is 0.757 bits per heavy atom. The van der Waals surface area contributed by atoms with Crippen LogP contribution in [0, 0.1) is 0 Å². The minimum atomic E-state index is 1.00. The summed E-state index contributed by atoms with van der Waals surface area (Å²) in [5, 5.41) is 5.38. The van der Waals surface area contributed by atoms with Crippen LogP contribution in [0.15, 0.2) is 121 Å². The zero-order chi connectivity index (χ0) is 24.4. The lowest BCUT2D eigenvalue weighted by atomic mass is 9.88. The van der Waals surface area contributed by atoms with Crippen molar-refractivity contribution < 1.29 is 4.48 Å². The van der Waals surface area contributed by atoms with Crippen molar-refractivity contribution in [1.82, 2.24) is 0 Å². The Morgan fingerprint density at radius 3 is 1.27 bits per heavy atom. The number of nitrogens with zero attached hydrogens (tertiary/aromatic N) is 1. The zero-order valence-corrected chi connectivity index (χ0v) is 20.8. The van der Waals surface area contributed by atoms with Crippen LogP contribution in [0.3, 0.4) is 0 Å². The van der Waals surface area contributed by atoms with Crippen LogP contribution in [0.4, 0.5) is 0 Å². The first-order chi connectivity index (χ1) is 18.3. The van der Waals surface area contributed by atoms with Crippen molar-refractivity contribution >= 4 is 21.5 Å². The highest BCUT2D eigenvalue weighted by Gasteiger charge is 2.38. The fraction of sp³-hybridized carbons (Fsp3) is 0.111. The highest BCUT2D eigenvalue weighted by Crippen LogP contribution is 2.46. The molecule has 0 fully saturated rings. The van der Waals surface area contributed by atoms with Gasteiger partial charge in [0.15, 0.2) is 0 Å². The average molecular weight is 475 g/mol. The van der Waals surface area contributed by atoms with Gasteiger partial charge >= 0.3 is 0 Å². The quantitative estimate of drug-likeness (QED) is 0.193. The van der Waals surface area contributed by atoms with E-state index in [9.17, 15) is 0 Å². The minimum absolute atomic E-state index is 1.00. The largest absolute Gasteiger partial charge is 0.309 e. The Hall–Kier alpha value is -4.20. The molecule has 2 aliphatic heterocycles. The van der Waals surface area contributed by atoms with Gasteiger partial charge in [-0.3, -0.25) is 0 Å². The Balaban J connectivity index is 1.45. The molecule has 0 aliphatic carbocycles. The number of rotatable bonds is 0. The van der Waals surface area contributed by atoms with Gasteiger partial charge in [-0.15, -0.1) is 0 Å². The molecular weight excluding hydrogens is 446 g/mol. The van der Waals surface area contributed by atoms with Crippen molar-refractivity contribution in [3.05, 3.63) is 144 Å². The van der Waals surface area contributed by atoms with Crippen LogP contribution in [-0.2, 0) is 26.2 Å². The summed E-state index contributed by atoms with van der Waals surface area (Å²) in [4.78, 5) is 0. The monoisotopic (exact) mass is 474 g/mol. The SMILES string of the molecule is c1ccc2c(c1)C[N+]1(Cc3ccccc3-2)Cc2ccc3ccccc3c2-c2c(ccc3ccccc23)C1. The van der Waals surface area contributed by atoms with Crippen LogP contribution >= 0.6 is 0 Å². The average Bonchev–Trinajstić information content (AvgIpc) is 3.17. The molecule has 2 aliphatic rings. The molecule has 2 heterocycles. The summed E-state index contributed by atoms with van der Waals surface area (Å²) in [6.45, 7) is 4.10. The fourth-order valence-electron chi connectivity index (χ4n) is 7.11. The maximum absolute atomic E-state index is 2.41. The number of quaternary nitrogens is 1. The summed E-state index contributed by atoms with van der Waals surface area (Å²) in [5.74, 6) is 0. The predicted octanol–water partition coefficient (Wildman–Crippen LogP) is 8.87. The van der Waals surface area contributed by atoms with Gasteiger partial charge in [-0.05, 0) is 43.8 Å². The van der Waals surface area contributed by atoms with Crippen molar-refractivity contribution in [3.8, 4) is 22.3 Å². The van der Waals surface area contributed by atoms with Crippen molar-refractivity contribution in [2.24, 2.45) is 0 Å². The van der Waals surface area contributed by atoms with Crippen LogP contribution in [0.25, 0.3) is 43.8 Å². The van der Waals surface area contributed by atoms with Crippen LogP contribution in [0.1, 0.15) is 22.3 Å². The second kappa shape index (κ2) is 7.90. The molecule has 0 bridgehead atoms. The van der Waals surface area contributed by atoms with E-state index in [0.717, 1.165) is 30.7 Å². The van der Waals surface area contributed by atoms with E-state index in [1.165, 1.54) is 66.1 Å². The first-order valence-corrected chi connectivity index (χ1v) is 13.3. The molecule has 0 aromatic heterocycles. The van der Waals surface area contributed by atoms with Crippen LogP contribution in [0.2, 0.25) is 0 Å². The normalized spacial score (nSPS) is 15.4. The van der Waals surface area contributed by atoms with E-state index in [2.05, 4.69) is 121 Å². The van der Waals surface area contributed by atoms with Gasteiger partial charge in [0.25, 0.3) is 0 Å². The Bertz CT molecular complexity index is 1710. The molecule has 1 nitrogen and oxygen atoms in total. The smallest absolute Gasteiger partial charge is 0.106 e. The van der Waals surface area contributed by atoms with E-state index in [1.807, 2.05) is 0 Å². The van der Waals surface area contributed by atoms with Gasteiger partial charge in [-0.2, -0.15) is 0 Å². The molecule has 1 heteroatoms. The lowest BCUT2D eigenvalue weighted by Gasteiger charge is -2.38. The van der Waals surface area contributed by atoms with E-state index in [4.69, 9.17) is 0 Å². The summed E-state index contributed by atoms with van der Waals surface area (Å²) in [7, 11) is 0. The van der Waals surface area contributed by atoms with Crippen molar-refractivity contribution in [2.75, 3.05) is 0 Å². The maximum Gasteiger partial charge on any atom is 0.106 e. The highest BCUT2D eigenvalue weighted by atomic mass is 15.4. The lowest BCUT2D eigenvalue weighted by Crippen LogP contribution is -2.44. The van der Waals surface area contributed by atoms with Crippen LogP contribution in [-0.4, -0.2) is 4.48 Å². The first kappa shape index (κ1) is 20.9. The maximum atomic E-state index is 2.41. The molecule has 0 amide bonds. The zero-order valence-electron chi connectivity index (χ0n) is 20.8. The Morgan fingerprint density at radius 1 is 0.351 bits per heavy atom. The van der Waals surface area contributed by atoms with E-state index in [-0.39, 0.29) is 0 Å². The van der Waals surface area contributed by atoms with E-state index < -0.39 is 0 Å². The molecule has 0 atom stereocenters. The summed E-state index contributed by atoms with van der Waals surface area (Å²) < 4.78 is 1.00. The van der Waals surface area contributed by atoms with Gasteiger partial charge in [0.2, 0.25) is 0 Å². The third-order valence-corrected chi connectivity index (χ3v) is 8.63. The molecule has 1 spiro atoms. The topological polar surface area (TPSA) is 0 Å². The first-order valence-electron chi connectivity index (χ1n) is 13.3. The molecular formula is C36H28N+. The van der Waals surface area contributed by atoms with E-state index >= 15 is 0 Å². The molecule has 8 rings (SSSR count). The van der Waals surface area contributed by atoms with E-state index in [1.54, 1.807) is 0 Å². The van der Waals surface area contributed by atoms with Gasteiger partial charge in [-0.1, -0.05) is 121 Å². The molecule has 0 N–H and O–H groups in total. The molecule has 6 aromatic rings. The molecule has 176 valence electrons. The molecule has 6 aromatic carbocycles. The van der Waals surface area contributed by atoms with Gasteiger partial charge in [0.05, 0.1) is 0 Å². The standard InChI is InChI=1S/C36H28N/c1-7-15-33-25(9-1)17-19-29-23-37(24-30-20-18-26-10-2-8-16-34(26)36(30)35(29)33)21-27-11-3-5-13-31(27)32-14-6-4-12-28(32)22-37/h1-20H,21-24H2/q+1. The Labute approximate surface area is 217 Å². The molecule has 0 saturated carbocycles. The lowest BCUT2D eigenvalue weighted by molar-refractivity contribution is -0.977. The second-order valence-corrected chi connectivity index (χ2v) is 10.9. The summed E-state index contributed by atoms with van der Waals surface area (Å²) >= 11 is 0. The van der Waals surface area contributed by atoms with E-state index in [0.29, 0.717) is 0 Å². The van der Waals surface area contributed by atoms with Crippen molar-refractivity contribution in [2.45, 2.75) is 26.2 Å². The van der Waals surface area contributed by atoms with Crippen LogP contribution < -0.4 is 0 Å². The van der Waals surface area contributed by atoms with Gasteiger partial charge in [0.1, 0.15) is 26.2 Å². The van der Waals surface area contributed by atoms with Crippen molar-refractivity contribution in [1.29, 1.82) is 0 Å². The molecule has 0 saturated heterocycles. The fourth-order valence-corrected chi connectivity index (χ4v) is 7.11. The highest BCUT2D eigenvalue weighted by molar-refractivity contribution is 6.07. The number of hydrogen-bond acceptors (Lipinski definition) is 0. The van der Waals surface area contributed by atoms with Crippen molar-refractivity contribution in [3.63, 3.8) is 0 Å². The summed E-state index contributed by atoms with van der Waals surface area (Å²) in [6.07, 6.45) is 0. The van der Waals surface area contributed by atoms with Gasteiger partial charge in [-0.25, -0.2) is 0 Å². The number of hydrogen-bond donors (Lipinski definition) is 0. The number of benzene rings is 6. The third kappa shape index (κ3) is 3.21. The molecule has 0 unspecified atom stereocenters. The summed E-state index contributed by atoms with van der Waals surface area (Å²) in [6, 6.07) is 45.5. The van der Waals surface area contributed by atoms with Crippen LogP contribution in [0.5, 0.6) is 0 Å². The predicted molar refractivity (Wildman–Crippen MR) is 154 cm³/mol. The Kier molecular flexibility index (Phi) is 4.47. The number of fused-ring (bicyclic) bond motifs is 10. The van der Waals surface area contributed by atoms with Gasteiger partial charge in [0, 0.05) is 22.3 Å². The molecule has 37 heavy (non-hydrogen) atoms. The minimum Gasteiger partial charge on any atom is -0.309 e. The summed E-state index contributed by atoms with van der Waals surface area (Å²) in [5.41, 5.74) is 11.5.